The lowest BCUT2D eigenvalue weighted by molar-refractivity contribution is -0.134. The molecule has 6 heteroatoms. The topological polar surface area (TPSA) is 69.7 Å². The third-order valence-electron chi connectivity index (χ3n) is 5.70. The van der Waals surface area contributed by atoms with E-state index in [1.54, 1.807) is 34.1 Å². The van der Waals surface area contributed by atoms with E-state index < -0.39 is 5.66 Å². The predicted octanol–water partition coefficient (Wildman–Crippen LogP) is 3.33. The van der Waals surface area contributed by atoms with Crippen LogP contribution in [0.5, 0.6) is 0 Å². The maximum atomic E-state index is 13.7. The quantitative estimate of drug-likeness (QED) is 0.848. The summed E-state index contributed by atoms with van der Waals surface area (Å²) in [7, 11) is 0. The lowest BCUT2D eigenvalue weighted by atomic mass is 9.93. The molecule has 4 rings (SSSR count). The largest absolute Gasteiger partial charge is 0.352 e. The van der Waals surface area contributed by atoms with E-state index in [-0.39, 0.29) is 42.5 Å². The van der Waals surface area contributed by atoms with E-state index in [0.29, 0.717) is 17.8 Å². The molecule has 1 fully saturated rings. The molecule has 1 N–H and O–H groups in total. The number of hydrogen-bond donors (Lipinski definition) is 1. The summed E-state index contributed by atoms with van der Waals surface area (Å²) >= 11 is 0. The van der Waals surface area contributed by atoms with Crippen molar-refractivity contribution in [3.05, 3.63) is 65.7 Å². The first-order valence-electron chi connectivity index (χ1n) is 10.3. The van der Waals surface area contributed by atoms with Crippen LogP contribution in [0.25, 0.3) is 0 Å². The molecule has 2 aromatic carbocycles. The molecule has 1 saturated heterocycles. The Morgan fingerprint density at radius 2 is 1.70 bits per heavy atom. The molecule has 0 bridgehead atoms. The molecule has 0 aromatic heterocycles. The van der Waals surface area contributed by atoms with E-state index in [9.17, 15) is 14.4 Å². The molecule has 1 atom stereocenters. The highest BCUT2D eigenvalue weighted by molar-refractivity contribution is 6.16. The van der Waals surface area contributed by atoms with Crippen molar-refractivity contribution < 1.29 is 14.4 Å². The Labute approximate surface area is 176 Å². The van der Waals surface area contributed by atoms with E-state index in [2.05, 4.69) is 5.32 Å². The molecule has 0 saturated carbocycles. The summed E-state index contributed by atoms with van der Waals surface area (Å²) in [4.78, 5) is 43.4. The summed E-state index contributed by atoms with van der Waals surface area (Å²) in [5.74, 6) is -0.674. The zero-order valence-corrected chi connectivity index (χ0v) is 17.6. The summed E-state index contributed by atoms with van der Waals surface area (Å²) in [6.45, 7) is 6.80. The molecule has 3 amide bonds. The van der Waals surface area contributed by atoms with Crippen LogP contribution in [0.4, 0.5) is 5.69 Å². The number of carbonyl (C=O) groups is 3. The number of hydrogen-bond acceptors (Lipinski definition) is 3. The van der Waals surface area contributed by atoms with Crippen LogP contribution in [-0.4, -0.2) is 34.8 Å². The van der Waals surface area contributed by atoms with Gasteiger partial charge in [0.1, 0.15) is 0 Å². The summed E-state index contributed by atoms with van der Waals surface area (Å²) in [5.41, 5.74) is 0.389. The first kappa shape index (κ1) is 20.1. The highest BCUT2D eigenvalue weighted by Gasteiger charge is 2.60. The third kappa shape index (κ3) is 3.26. The highest BCUT2D eigenvalue weighted by atomic mass is 16.2. The van der Waals surface area contributed by atoms with Crippen molar-refractivity contribution in [1.29, 1.82) is 0 Å². The van der Waals surface area contributed by atoms with Crippen molar-refractivity contribution in [3.8, 4) is 0 Å². The minimum Gasteiger partial charge on any atom is -0.352 e. The van der Waals surface area contributed by atoms with Gasteiger partial charge in [-0.25, -0.2) is 0 Å². The monoisotopic (exact) mass is 405 g/mol. The standard InChI is InChI=1S/C24H27N3O3/c1-23(2,3)16-25-22(30)24-14-13-20(28)27(24)19-12-8-7-11-18(19)21(29)26(24)15-17-9-5-4-6-10-17/h4-12H,13-16H2,1-3H3,(H,25,30). The van der Waals surface area contributed by atoms with Crippen molar-refractivity contribution >= 4 is 23.4 Å². The highest BCUT2D eigenvalue weighted by Crippen LogP contribution is 2.45. The van der Waals surface area contributed by atoms with E-state index in [0.717, 1.165) is 5.56 Å². The minimum atomic E-state index is -1.36. The van der Waals surface area contributed by atoms with Crippen LogP contribution in [-0.2, 0) is 16.1 Å². The fourth-order valence-corrected chi connectivity index (χ4v) is 4.26. The van der Waals surface area contributed by atoms with Crippen LogP contribution in [0.15, 0.2) is 54.6 Å². The molecular formula is C24H27N3O3. The van der Waals surface area contributed by atoms with Gasteiger partial charge < -0.3 is 10.2 Å². The van der Waals surface area contributed by atoms with Gasteiger partial charge in [0, 0.05) is 25.9 Å². The smallest absolute Gasteiger partial charge is 0.267 e. The molecule has 2 aliphatic heterocycles. The number of amides is 3. The van der Waals surface area contributed by atoms with Crippen LogP contribution in [0.1, 0.15) is 49.5 Å². The van der Waals surface area contributed by atoms with Crippen molar-refractivity contribution in [2.75, 3.05) is 11.4 Å². The number of fused-ring (bicyclic) bond motifs is 3. The Balaban J connectivity index is 1.84. The van der Waals surface area contributed by atoms with Gasteiger partial charge in [-0.15, -0.1) is 0 Å². The molecular weight excluding hydrogens is 378 g/mol. The fourth-order valence-electron chi connectivity index (χ4n) is 4.26. The van der Waals surface area contributed by atoms with Crippen molar-refractivity contribution in [2.45, 2.75) is 45.8 Å². The lowest BCUT2D eigenvalue weighted by Gasteiger charge is -2.49. The molecule has 2 heterocycles. The van der Waals surface area contributed by atoms with E-state index in [1.807, 2.05) is 51.1 Å². The van der Waals surface area contributed by atoms with Crippen LogP contribution < -0.4 is 10.2 Å². The van der Waals surface area contributed by atoms with Crippen LogP contribution in [0.2, 0.25) is 0 Å². The van der Waals surface area contributed by atoms with Gasteiger partial charge in [-0.3, -0.25) is 19.3 Å². The zero-order chi connectivity index (χ0) is 21.5. The Morgan fingerprint density at radius 1 is 1.03 bits per heavy atom. The molecule has 156 valence electrons. The van der Waals surface area contributed by atoms with Gasteiger partial charge in [0.2, 0.25) is 11.6 Å². The van der Waals surface area contributed by atoms with Crippen LogP contribution >= 0.6 is 0 Å². The Hall–Kier alpha value is -3.15. The maximum Gasteiger partial charge on any atom is 0.267 e. The second-order valence-corrected chi connectivity index (χ2v) is 9.18. The van der Waals surface area contributed by atoms with Crippen LogP contribution in [0.3, 0.4) is 0 Å². The van der Waals surface area contributed by atoms with Crippen LogP contribution in [0, 0.1) is 5.41 Å². The number of nitrogens with one attached hydrogen (secondary N) is 1. The van der Waals surface area contributed by atoms with Crippen molar-refractivity contribution in [1.82, 2.24) is 10.2 Å². The summed E-state index contributed by atoms with van der Waals surface area (Å²) in [6, 6.07) is 16.6. The molecule has 0 radical (unpaired) electrons. The first-order chi connectivity index (χ1) is 14.2. The van der Waals surface area contributed by atoms with Gasteiger partial charge in [-0.2, -0.15) is 0 Å². The molecule has 6 nitrogen and oxygen atoms in total. The van der Waals surface area contributed by atoms with Gasteiger partial charge >= 0.3 is 0 Å². The second kappa shape index (κ2) is 7.27. The molecule has 2 aromatic rings. The number of carbonyl (C=O) groups excluding carboxylic acids is 3. The van der Waals surface area contributed by atoms with Crippen molar-refractivity contribution in [3.63, 3.8) is 0 Å². The molecule has 2 aliphatic rings. The maximum absolute atomic E-state index is 13.7. The van der Waals surface area contributed by atoms with Crippen molar-refractivity contribution in [2.24, 2.45) is 5.41 Å². The summed E-state index contributed by atoms with van der Waals surface area (Å²) in [5, 5.41) is 3.02. The van der Waals surface area contributed by atoms with Gasteiger partial charge in [0.15, 0.2) is 0 Å². The average Bonchev–Trinajstić information content (AvgIpc) is 3.08. The van der Waals surface area contributed by atoms with E-state index >= 15 is 0 Å². The number of para-hydroxylation sites is 1. The second-order valence-electron chi connectivity index (χ2n) is 9.18. The number of nitrogens with zero attached hydrogens (tertiary/aromatic N) is 2. The fraction of sp³-hybridized carbons (Fsp3) is 0.375. The summed E-state index contributed by atoms with van der Waals surface area (Å²) in [6.07, 6.45) is 0.491. The lowest BCUT2D eigenvalue weighted by Crippen LogP contribution is -2.70. The zero-order valence-electron chi connectivity index (χ0n) is 17.6. The van der Waals surface area contributed by atoms with Gasteiger partial charge in [0.25, 0.3) is 11.8 Å². The van der Waals surface area contributed by atoms with E-state index in [4.69, 9.17) is 0 Å². The number of benzene rings is 2. The number of rotatable bonds is 4. The third-order valence-corrected chi connectivity index (χ3v) is 5.70. The van der Waals surface area contributed by atoms with Gasteiger partial charge in [-0.1, -0.05) is 63.2 Å². The SMILES string of the molecule is CC(C)(C)CNC(=O)C12CCC(=O)N1c1ccccc1C(=O)N2Cc1ccccc1. The van der Waals surface area contributed by atoms with Gasteiger partial charge in [0.05, 0.1) is 11.3 Å². The predicted molar refractivity (Wildman–Crippen MR) is 115 cm³/mol. The molecule has 0 spiro atoms. The Bertz CT molecular complexity index is 996. The average molecular weight is 405 g/mol. The van der Waals surface area contributed by atoms with Gasteiger partial charge in [-0.05, 0) is 23.1 Å². The Morgan fingerprint density at radius 3 is 2.40 bits per heavy atom. The minimum absolute atomic E-state index is 0.124. The normalized spacial score (nSPS) is 20.8. The van der Waals surface area contributed by atoms with E-state index in [1.165, 1.54) is 0 Å². The molecule has 1 unspecified atom stereocenters. The Kier molecular flexibility index (Phi) is 4.88. The molecule has 30 heavy (non-hydrogen) atoms. The summed E-state index contributed by atoms with van der Waals surface area (Å²) < 4.78 is 0. The molecule has 0 aliphatic carbocycles. The first-order valence-corrected chi connectivity index (χ1v) is 10.3. The number of anilines is 1.